The van der Waals surface area contributed by atoms with Crippen molar-refractivity contribution in [1.29, 1.82) is 0 Å². The Labute approximate surface area is 96.6 Å². The SMILES string of the molecule is COC(=O)C[C@@H](C)c1ccc(Br)c(F)c1. The summed E-state index contributed by atoms with van der Waals surface area (Å²) in [4.78, 5) is 11.0. The Morgan fingerprint density at radius 2 is 2.27 bits per heavy atom. The highest BCUT2D eigenvalue weighted by molar-refractivity contribution is 9.10. The van der Waals surface area contributed by atoms with Gasteiger partial charge in [0.25, 0.3) is 0 Å². The van der Waals surface area contributed by atoms with E-state index in [2.05, 4.69) is 20.7 Å². The van der Waals surface area contributed by atoms with Crippen molar-refractivity contribution in [2.24, 2.45) is 0 Å². The standard InChI is InChI=1S/C11H12BrFO2/c1-7(5-11(14)15-2)8-3-4-9(12)10(13)6-8/h3-4,6-7H,5H2,1-2H3/t7-/m1/s1. The molecule has 1 aromatic carbocycles. The van der Waals surface area contributed by atoms with Crippen molar-refractivity contribution in [2.75, 3.05) is 7.11 Å². The second-order valence-electron chi connectivity index (χ2n) is 3.35. The number of halogens is 2. The minimum atomic E-state index is -0.316. The van der Waals surface area contributed by atoms with Crippen LogP contribution in [0.2, 0.25) is 0 Å². The van der Waals surface area contributed by atoms with Crippen molar-refractivity contribution in [3.8, 4) is 0 Å². The highest BCUT2D eigenvalue weighted by Gasteiger charge is 2.12. The summed E-state index contributed by atoms with van der Waals surface area (Å²) in [6.07, 6.45) is 0.261. The molecule has 0 radical (unpaired) electrons. The molecule has 0 amide bonds. The Morgan fingerprint density at radius 1 is 1.60 bits per heavy atom. The molecule has 1 rings (SSSR count). The molecular formula is C11H12BrFO2. The summed E-state index contributed by atoms with van der Waals surface area (Å²) < 4.78 is 18.2. The van der Waals surface area contributed by atoms with Crippen LogP contribution in [0.15, 0.2) is 22.7 Å². The van der Waals surface area contributed by atoms with E-state index in [1.54, 1.807) is 12.1 Å². The van der Waals surface area contributed by atoms with Crippen LogP contribution in [-0.2, 0) is 9.53 Å². The first-order valence-electron chi connectivity index (χ1n) is 4.56. The fraction of sp³-hybridized carbons (Fsp3) is 0.364. The maximum absolute atomic E-state index is 13.2. The van der Waals surface area contributed by atoms with Gasteiger partial charge in [-0.2, -0.15) is 0 Å². The van der Waals surface area contributed by atoms with Crippen LogP contribution in [0.5, 0.6) is 0 Å². The number of carbonyl (C=O) groups excluding carboxylic acids is 1. The smallest absolute Gasteiger partial charge is 0.306 e. The molecule has 0 saturated carbocycles. The number of benzene rings is 1. The second kappa shape index (κ2) is 5.26. The molecule has 1 atom stereocenters. The van der Waals surface area contributed by atoms with Crippen LogP contribution < -0.4 is 0 Å². The Bertz CT molecular complexity index is 366. The molecular weight excluding hydrogens is 263 g/mol. The Morgan fingerprint density at radius 3 is 2.80 bits per heavy atom. The molecule has 0 aliphatic heterocycles. The third kappa shape index (κ3) is 3.30. The van der Waals surface area contributed by atoms with Crippen molar-refractivity contribution in [3.63, 3.8) is 0 Å². The molecule has 0 heterocycles. The lowest BCUT2D eigenvalue weighted by molar-refractivity contribution is -0.140. The van der Waals surface area contributed by atoms with E-state index in [0.717, 1.165) is 5.56 Å². The van der Waals surface area contributed by atoms with Crippen LogP contribution in [-0.4, -0.2) is 13.1 Å². The molecule has 0 aliphatic rings. The van der Waals surface area contributed by atoms with Gasteiger partial charge in [-0.05, 0) is 39.5 Å². The Balaban J connectivity index is 2.78. The molecule has 0 N–H and O–H groups in total. The van der Waals surface area contributed by atoms with Crippen molar-refractivity contribution in [3.05, 3.63) is 34.1 Å². The zero-order valence-corrected chi connectivity index (χ0v) is 10.2. The molecule has 0 aliphatic carbocycles. The molecule has 82 valence electrons. The topological polar surface area (TPSA) is 26.3 Å². The lowest BCUT2D eigenvalue weighted by Crippen LogP contribution is -2.06. The fourth-order valence-corrected chi connectivity index (χ4v) is 1.52. The van der Waals surface area contributed by atoms with Crippen molar-refractivity contribution in [1.82, 2.24) is 0 Å². The average Bonchev–Trinajstić information content (AvgIpc) is 2.21. The van der Waals surface area contributed by atoms with E-state index in [-0.39, 0.29) is 24.1 Å². The Kier molecular flexibility index (Phi) is 4.27. The van der Waals surface area contributed by atoms with Crippen molar-refractivity contribution < 1.29 is 13.9 Å². The molecule has 0 spiro atoms. The largest absolute Gasteiger partial charge is 0.469 e. The normalized spacial score (nSPS) is 12.3. The van der Waals surface area contributed by atoms with Gasteiger partial charge in [-0.1, -0.05) is 13.0 Å². The van der Waals surface area contributed by atoms with Gasteiger partial charge in [-0.25, -0.2) is 4.39 Å². The van der Waals surface area contributed by atoms with Gasteiger partial charge < -0.3 is 4.74 Å². The van der Waals surface area contributed by atoms with E-state index in [9.17, 15) is 9.18 Å². The highest BCUT2D eigenvalue weighted by Crippen LogP contribution is 2.24. The van der Waals surface area contributed by atoms with Crippen LogP contribution in [0.1, 0.15) is 24.8 Å². The summed E-state index contributed by atoms with van der Waals surface area (Å²) in [6, 6.07) is 4.86. The van der Waals surface area contributed by atoms with Crippen molar-refractivity contribution in [2.45, 2.75) is 19.3 Å². The number of ether oxygens (including phenoxy) is 1. The molecule has 1 aromatic rings. The number of esters is 1. The fourth-order valence-electron chi connectivity index (χ4n) is 1.27. The molecule has 0 fully saturated rings. The van der Waals surface area contributed by atoms with Crippen LogP contribution in [0.4, 0.5) is 4.39 Å². The molecule has 0 bridgehead atoms. The van der Waals surface area contributed by atoms with Crippen molar-refractivity contribution >= 4 is 21.9 Å². The first-order chi connectivity index (χ1) is 7.04. The van der Waals surface area contributed by atoms with E-state index in [0.29, 0.717) is 4.47 Å². The van der Waals surface area contributed by atoms with E-state index in [4.69, 9.17) is 0 Å². The minimum Gasteiger partial charge on any atom is -0.469 e. The summed E-state index contributed by atoms with van der Waals surface area (Å²) in [7, 11) is 1.34. The molecule has 4 heteroatoms. The second-order valence-corrected chi connectivity index (χ2v) is 4.21. The molecule has 15 heavy (non-hydrogen) atoms. The van der Waals surface area contributed by atoms with Gasteiger partial charge in [0.2, 0.25) is 0 Å². The monoisotopic (exact) mass is 274 g/mol. The number of hydrogen-bond donors (Lipinski definition) is 0. The number of carbonyl (C=O) groups is 1. The zero-order valence-electron chi connectivity index (χ0n) is 8.59. The molecule has 0 unspecified atom stereocenters. The third-order valence-electron chi connectivity index (χ3n) is 2.21. The summed E-state index contributed by atoms with van der Waals surface area (Å²) in [5, 5.41) is 0. The third-order valence-corrected chi connectivity index (χ3v) is 2.86. The van der Waals surface area contributed by atoms with E-state index < -0.39 is 0 Å². The minimum absolute atomic E-state index is 0.0416. The predicted molar refractivity (Wildman–Crippen MR) is 59.1 cm³/mol. The summed E-state index contributed by atoms with van der Waals surface area (Å²) in [5.41, 5.74) is 0.793. The van der Waals surface area contributed by atoms with Gasteiger partial charge in [0.05, 0.1) is 18.0 Å². The van der Waals surface area contributed by atoms with Gasteiger partial charge >= 0.3 is 5.97 Å². The number of hydrogen-bond acceptors (Lipinski definition) is 2. The van der Waals surface area contributed by atoms with Crippen LogP contribution in [0, 0.1) is 5.82 Å². The van der Waals surface area contributed by atoms with Gasteiger partial charge in [0, 0.05) is 0 Å². The molecule has 0 aromatic heterocycles. The summed E-state index contributed by atoms with van der Waals surface area (Å²) in [6.45, 7) is 1.86. The molecule has 0 saturated heterocycles. The van der Waals surface area contributed by atoms with Crippen LogP contribution in [0.25, 0.3) is 0 Å². The predicted octanol–water partition coefficient (Wildman–Crippen LogP) is 3.25. The number of rotatable bonds is 3. The lowest BCUT2D eigenvalue weighted by Gasteiger charge is -2.10. The van der Waals surface area contributed by atoms with Crippen LogP contribution in [0.3, 0.4) is 0 Å². The highest BCUT2D eigenvalue weighted by atomic mass is 79.9. The van der Waals surface area contributed by atoms with Gasteiger partial charge in [0.1, 0.15) is 5.82 Å². The maximum Gasteiger partial charge on any atom is 0.306 e. The van der Waals surface area contributed by atoms with Crippen LogP contribution >= 0.6 is 15.9 Å². The first kappa shape index (κ1) is 12.2. The van der Waals surface area contributed by atoms with Gasteiger partial charge in [-0.15, -0.1) is 0 Å². The van der Waals surface area contributed by atoms with E-state index in [1.165, 1.54) is 13.2 Å². The first-order valence-corrected chi connectivity index (χ1v) is 5.35. The molecule has 2 nitrogen and oxygen atoms in total. The van der Waals surface area contributed by atoms with Gasteiger partial charge in [0.15, 0.2) is 0 Å². The lowest BCUT2D eigenvalue weighted by atomic mass is 9.98. The average molecular weight is 275 g/mol. The zero-order chi connectivity index (χ0) is 11.4. The maximum atomic E-state index is 13.2. The quantitative estimate of drug-likeness (QED) is 0.791. The summed E-state index contributed by atoms with van der Waals surface area (Å²) in [5.74, 6) is -0.643. The Hall–Kier alpha value is -0.900. The summed E-state index contributed by atoms with van der Waals surface area (Å²) >= 11 is 3.08. The van der Waals surface area contributed by atoms with E-state index >= 15 is 0 Å². The van der Waals surface area contributed by atoms with Gasteiger partial charge in [-0.3, -0.25) is 4.79 Å². The van der Waals surface area contributed by atoms with E-state index in [1.807, 2.05) is 6.92 Å². The number of methoxy groups -OCH3 is 1.